The van der Waals surface area contributed by atoms with Crippen LogP contribution in [0, 0.1) is 11.8 Å². The fourth-order valence-electron chi connectivity index (χ4n) is 2.07. The van der Waals surface area contributed by atoms with E-state index < -0.39 is 0 Å². The molecule has 0 bridgehead atoms. The molecule has 0 amide bonds. The van der Waals surface area contributed by atoms with Gasteiger partial charge in [-0.2, -0.15) is 0 Å². The summed E-state index contributed by atoms with van der Waals surface area (Å²) in [5.41, 5.74) is 1.21. The summed E-state index contributed by atoms with van der Waals surface area (Å²) in [6.45, 7) is 5.56. The summed E-state index contributed by atoms with van der Waals surface area (Å²) in [5.74, 6) is 1.36. The summed E-state index contributed by atoms with van der Waals surface area (Å²) in [6.07, 6.45) is 5.79. The van der Waals surface area contributed by atoms with Crippen molar-refractivity contribution in [3.8, 4) is 0 Å². The number of hydrogen-bond donors (Lipinski definition) is 1. The summed E-state index contributed by atoms with van der Waals surface area (Å²) in [5, 5.41) is 4.04. The third-order valence-corrected chi connectivity index (χ3v) is 3.00. The summed E-state index contributed by atoms with van der Waals surface area (Å²) < 4.78 is 0. The molecule has 0 fully saturated rings. The lowest BCUT2D eigenvalue weighted by Crippen LogP contribution is -2.22. The molecular formula is C13H21ClN2. The van der Waals surface area contributed by atoms with Gasteiger partial charge in [-0.1, -0.05) is 25.4 Å². The Labute approximate surface area is 103 Å². The van der Waals surface area contributed by atoms with E-state index in [1.807, 2.05) is 19.3 Å². The lowest BCUT2D eigenvalue weighted by Gasteiger charge is -2.19. The number of nitrogens with zero attached hydrogens (tertiary/aromatic N) is 1. The van der Waals surface area contributed by atoms with E-state index in [4.69, 9.17) is 11.6 Å². The average Bonchev–Trinajstić information content (AvgIpc) is 2.21. The molecule has 1 N–H and O–H groups in total. The van der Waals surface area contributed by atoms with E-state index in [0.29, 0.717) is 5.92 Å². The lowest BCUT2D eigenvalue weighted by molar-refractivity contribution is 0.395. The molecule has 3 heteroatoms. The van der Waals surface area contributed by atoms with Gasteiger partial charge in [0, 0.05) is 12.4 Å². The van der Waals surface area contributed by atoms with Gasteiger partial charge >= 0.3 is 0 Å². The molecule has 0 saturated heterocycles. The fraction of sp³-hybridized carbons (Fsp3) is 0.615. The minimum atomic E-state index is 0.643. The zero-order valence-corrected chi connectivity index (χ0v) is 11.1. The minimum absolute atomic E-state index is 0.643. The number of aromatic nitrogens is 1. The van der Waals surface area contributed by atoms with Crippen LogP contribution >= 0.6 is 11.6 Å². The van der Waals surface area contributed by atoms with Crippen LogP contribution in [0.4, 0.5) is 0 Å². The highest BCUT2D eigenvalue weighted by atomic mass is 35.5. The Bertz CT molecular complexity index is 313. The quantitative estimate of drug-likeness (QED) is 0.826. The van der Waals surface area contributed by atoms with Crippen LogP contribution in [0.15, 0.2) is 18.5 Å². The van der Waals surface area contributed by atoms with Gasteiger partial charge in [0.1, 0.15) is 0 Å². The van der Waals surface area contributed by atoms with Gasteiger partial charge in [0.25, 0.3) is 0 Å². The lowest BCUT2D eigenvalue weighted by atomic mass is 9.91. The molecule has 0 aliphatic heterocycles. The fourth-order valence-corrected chi connectivity index (χ4v) is 2.27. The Morgan fingerprint density at radius 1 is 1.44 bits per heavy atom. The van der Waals surface area contributed by atoms with Gasteiger partial charge in [-0.25, -0.2) is 0 Å². The zero-order chi connectivity index (χ0) is 12.0. The number of pyridine rings is 1. The smallest absolute Gasteiger partial charge is 0.0621 e. The van der Waals surface area contributed by atoms with E-state index in [1.54, 1.807) is 6.20 Å². The second-order valence-electron chi connectivity index (χ2n) is 4.72. The second-order valence-corrected chi connectivity index (χ2v) is 5.13. The predicted molar refractivity (Wildman–Crippen MR) is 69.8 cm³/mol. The van der Waals surface area contributed by atoms with Gasteiger partial charge in [-0.15, -0.1) is 0 Å². The normalized spacial score (nSPS) is 13.1. The van der Waals surface area contributed by atoms with E-state index in [-0.39, 0.29) is 0 Å². The number of halogens is 1. The highest BCUT2D eigenvalue weighted by Crippen LogP contribution is 2.21. The first kappa shape index (κ1) is 13.5. The summed E-state index contributed by atoms with van der Waals surface area (Å²) >= 11 is 6.12. The van der Waals surface area contributed by atoms with E-state index in [0.717, 1.165) is 23.9 Å². The summed E-state index contributed by atoms with van der Waals surface area (Å²) in [6, 6.07) is 2.02. The molecule has 16 heavy (non-hydrogen) atoms. The molecule has 0 aliphatic carbocycles. The highest BCUT2D eigenvalue weighted by Gasteiger charge is 2.12. The Hall–Kier alpha value is -0.600. The highest BCUT2D eigenvalue weighted by molar-refractivity contribution is 6.31. The molecule has 2 nitrogen and oxygen atoms in total. The van der Waals surface area contributed by atoms with Crippen LogP contribution in [0.2, 0.25) is 5.02 Å². The van der Waals surface area contributed by atoms with Gasteiger partial charge < -0.3 is 5.32 Å². The van der Waals surface area contributed by atoms with Gasteiger partial charge in [0.15, 0.2) is 0 Å². The van der Waals surface area contributed by atoms with E-state index >= 15 is 0 Å². The van der Waals surface area contributed by atoms with Crippen molar-refractivity contribution in [1.29, 1.82) is 0 Å². The van der Waals surface area contributed by atoms with Crippen molar-refractivity contribution in [2.75, 3.05) is 13.6 Å². The zero-order valence-electron chi connectivity index (χ0n) is 10.3. The molecule has 1 aromatic heterocycles. The summed E-state index contributed by atoms with van der Waals surface area (Å²) in [7, 11) is 2.00. The third-order valence-electron chi connectivity index (χ3n) is 2.66. The third kappa shape index (κ3) is 4.50. The molecule has 0 saturated carbocycles. The van der Waals surface area contributed by atoms with E-state index in [9.17, 15) is 0 Å². The monoisotopic (exact) mass is 240 g/mol. The van der Waals surface area contributed by atoms with Gasteiger partial charge in [-0.3, -0.25) is 4.98 Å². The Kier molecular flexibility index (Phi) is 5.78. The first-order chi connectivity index (χ1) is 7.63. The van der Waals surface area contributed by atoms with Crippen LogP contribution < -0.4 is 5.32 Å². The van der Waals surface area contributed by atoms with Crippen molar-refractivity contribution in [2.45, 2.75) is 26.7 Å². The van der Waals surface area contributed by atoms with Crippen LogP contribution in [-0.2, 0) is 6.42 Å². The number of hydrogen-bond acceptors (Lipinski definition) is 2. The maximum atomic E-state index is 6.12. The van der Waals surface area contributed by atoms with Crippen molar-refractivity contribution >= 4 is 11.6 Å². The van der Waals surface area contributed by atoms with Crippen LogP contribution in [0.3, 0.4) is 0 Å². The first-order valence-corrected chi connectivity index (χ1v) is 6.24. The van der Waals surface area contributed by atoms with Crippen molar-refractivity contribution in [3.05, 3.63) is 29.0 Å². The maximum absolute atomic E-state index is 6.12. The molecule has 0 aromatic carbocycles. The van der Waals surface area contributed by atoms with E-state index in [1.165, 1.54) is 12.0 Å². The van der Waals surface area contributed by atoms with Crippen molar-refractivity contribution in [1.82, 2.24) is 10.3 Å². The second kappa shape index (κ2) is 6.87. The molecule has 1 rings (SSSR count). The van der Waals surface area contributed by atoms with Crippen LogP contribution in [-0.4, -0.2) is 18.6 Å². The van der Waals surface area contributed by atoms with Crippen LogP contribution in [0.25, 0.3) is 0 Å². The minimum Gasteiger partial charge on any atom is -0.319 e. The average molecular weight is 241 g/mol. The molecule has 0 spiro atoms. The summed E-state index contributed by atoms with van der Waals surface area (Å²) in [4.78, 5) is 4.01. The maximum Gasteiger partial charge on any atom is 0.0621 e. The number of rotatable bonds is 6. The largest absolute Gasteiger partial charge is 0.319 e. The van der Waals surface area contributed by atoms with Crippen LogP contribution in [0.5, 0.6) is 0 Å². The molecule has 1 unspecified atom stereocenters. The predicted octanol–water partition coefficient (Wildman–Crippen LogP) is 3.16. The molecule has 90 valence electrons. The molecule has 0 aliphatic rings. The number of nitrogens with one attached hydrogen (secondary N) is 1. The SMILES string of the molecule is CNCC(Cc1ccncc1Cl)CC(C)C. The first-order valence-electron chi connectivity index (χ1n) is 5.86. The van der Waals surface area contributed by atoms with Crippen molar-refractivity contribution < 1.29 is 0 Å². The van der Waals surface area contributed by atoms with Crippen molar-refractivity contribution in [3.63, 3.8) is 0 Å². The Balaban J connectivity index is 2.64. The molecule has 0 radical (unpaired) electrons. The molecular weight excluding hydrogens is 220 g/mol. The Morgan fingerprint density at radius 2 is 2.19 bits per heavy atom. The van der Waals surface area contributed by atoms with Gasteiger partial charge in [0.05, 0.1) is 5.02 Å². The van der Waals surface area contributed by atoms with Gasteiger partial charge in [0.2, 0.25) is 0 Å². The van der Waals surface area contributed by atoms with Gasteiger partial charge in [-0.05, 0) is 49.9 Å². The molecule has 1 atom stereocenters. The molecule has 1 aromatic rings. The van der Waals surface area contributed by atoms with Crippen LogP contribution in [0.1, 0.15) is 25.8 Å². The van der Waals surface area contributed by atoms with Crippen molar-refractivity contribution in [2.24, 2.45) is 11.8 Å². The Morgan fingerprint density at radius 3 is 2.75 bits per heavy atom. The standard InChI is InChI=1S/C13H21ClN2/c1-10(2)6-11(8-15-3)7-12-4-5-16-9-13(12)14/h4-5,9-11,15H,6-8H2,1-3H3. The molecule has 1 heterocycles. The van der Waals surface area contributed by atoms with E-state index in [2.05, 4.69) is 24.1 Å². The topological polar surface area (TPSA) is 24.9 Å².